The molecule has 2 rings (SSSR count). The number of ketones is 1. The fourth-order valence-electron chi connectivity index (χ4n) is 2.37. The highest BCUT2D eigenvalue weighted by atomic mass is 16.4. The van der Waals surface area contributed by atoms with Crippen LogP contribution < -0.4 is 5.32 Å². The van der Waals surface area contributed by atoms with Crippen molar-refractivity contribution >= 4 is 17.7 Å². The predicted molar refractivity (Wildman–Crippen MR) is 54.3 cm³/mol. The maximum atomic E-state index is 11.8. The zero-order chi connectivity index (χ0) is 11.9. The highest BCUT2D eigenvalue weighted by molar-refractivity contribution is 6.05. The maximum Gasteiger partial charge on any atom is 0.311 e. The van der Waals surface area contributed by atoms with Crippen LogP contribution in [-0.4, -0.2) is 22.8 Å². The molecule has 0 saturated carbocycles. The Morgan fingerprint density at radius 3 is 2.62 bits per heavy atom. The van der Waals surface area contributed by atoms with Gasteiger partial charge >= 0.3 is 5.97 Å². The molecule has 0 fully saturated rings. The van der Waals surface area contributed by atoms with Crippen LogP contribution in [0.15, 0.2) is 11.3 Å². The largest absolute Gasteiger partial charge is 0.481 e. The average molecular weight is 223 g/mol. The molecule has 16 heavy (non-hydrogen) atoms. The van der Waals surface area contributed by atoms with Gasteiger partial charge in [-0.1, -0.05) is 6.92 Å². The number of nitrogens with one attached hydrogen (secondary N) is 1. The highest BCUT2D eigenvalue weighted by Gasteiger charge is 2.39. The molecule has 86 valence electrons. The van der Waals surface area contributed by atoms with E-state index >= 15 is 0 Å². The minimum atomic E-state index is -1.09. The van der Waals surface area contributed by atoms with E-state index in [9.17, 15) is 14.4 Å². The van der Waals surface area contributed by atoms with E-state index in [-0.39, 0.29) is 24.0 Å². The third-order valence-electron chi connectivity index (χ3n) is 3.04. The minimum absolute atomic E-state index is 0.131. The molecule has 0 radical (unpaired) electrons. The van der Waals surface area contributed by atoms with E-state index in [1.165, 1.54) is 0 Å². The number of amides is 1. The highest BCUT2D eigenvalue weighted by Crippen LogP contribution is 2.33. The van der Waals surface area contributed by atoms with Crippen molar-refractivity contribution in [1.29, 1.82) is 0 Å². The fraction of sp³-hybridized carbons (Fsp3) is 0.545. The average Bonchev–Trinajstić information content (AvgIpc) is 2.14. The van der Waals surface area contributed by atoms with Crippen LogP contribution in [0.5, 0.6) is 0 Å². The molecule has 5 nitrogen and oxygen atoms in total. The lowest BCUT2D eigenvalue weighted by Crippen LogP contribution is -2.41. The van der Waals surface area contributed by atoms with Crippen LogP contribution in [0.3, 0.4) is 0 Å². The van der Waals surface area contributed by atoms with Gasteiger partial charge in [0.25, 0.3) is 0 Å². The third-order valence-corrected chi connectivity index (χ3v) is 3.04. The third kappa shape index (κ3) is 1.73. The van der Waals surface area contributed by atoms with Crippen molar-refractivity contribution in [3.8, 4) is 0 Å². The summed E-state index contributed by atoms with van der Waals surface area (Å²) in [5.74, 6) is -2.33. The molecule has 2 aliphatic rings. The van der Waals surface area contributed by atoms with E-state index in [0.29, 0.717) is 24.1 Å². The van der Waals surface area contributed by atoms with Crippen LogP contribution in [0.1, 0.15) is 26.2 Å². The number of carbonyl (C=O) groups is 3. The number of hydrogen-bond donors (Lipinski definition) is 2. The van der Waals surface area contributed by atoms with Gasteiger partial charge in [-0.15, -0.1) is 0 Å². The Balaban J connectivity index is 2.43. The molecule has 2 atom stereocenters. The van der Waals surface area contributed by atoms with Gasteiger partial charge in [0.1, 0.15) is 0 Å². The first-order chi connectivity index (χ1) is 7.49. The van der Waals surface area contributed by atoms with Crippen LogP contribution >= 0.6 is 0 Å². The first-order valence-corrected chi connectivity index (χ1v) is 5.28. The molecular formula is C11H13NO4. The van der Waals surface area contributed by atoms with Gasteiger partial charge in [-0.25, -0.2) is 0 Å². The molecule has 1 heterocycles. The van der Waals surface area contributed by atoms with Gasteiger partial charge in [0.2, 0.25) is 5.91 Å². The monoisotopic (exact) mass is 223 g/mol. The first-order valence-electron chi connectivity index (χ1n) is 5.28. The Morgan fingerprint density at radius 2 is 2.00 bits per heavy atom. The van der Waals surface area contributed by atoms with Crippen molar-refractivity contribution in [3.05, 3.63) is 11.3 Å². The fourth-order valence-corrected chi connectivity index (χ4v) is 2.37. The predicted octanol–water partition coefficient (Wildman–Crippen LogP) is 0.460. The molecular weight excluding hydrogens is 210 g/mol. The second kappa shape index (κ2) is 3.73. The van der Waals surface area contributed by atoms with Gasteiger partial charge in [0.05, 0.1) is 5.92 Å². The van der Waals surface area contributed by atoms with Gasteiger partial charge in [0.15, 0.2) is 5.78 Å². The Labute approximate surface area is 92.5 Å². The molecule has 0 bridgehead atoms. The van der Waals surface area contributed by atoms with Crippen molar-refractivity contribution in [2.75, 3.05) is 0 Å². The van der Waals surface area contributed by atoms with Gasteiger partial charge in [0, 0.05) is 24.1 Å². The summed E-state index contributed by atoms with van der Waals surface area (Å²) in [6.45, 7) is 1.91. The maximum absolute atomic E-state index is 11.8. The van der Waals surface area contributed by atoms with Crippen molar-refractivity contribution in [2.24, 2.45) is 11.8 Å². The number of hydrogen-bond acceptors (Lipinski definition) is 3. The Hall–Kier alpha value is -1.65. The molecule has 0 unspecified atom stereocenters. The molecule has 1 aliphatic heterocycles. The molecule has 1 amide bonds. The summed E-state index contributed by atoms with van der Waals surface area (Å²) in [6.07, 6.45) is 0.823. The van der Waals surface area contributed by atoms with Crippen molar-refractivity contribution in [2.45, 2.75) is 26.2 Å². The van der Waals surface area contributed by atoms with E-state index < -0.39 is 11.9 Å². The molecule has 2 N–H and O–H groups in total. The number of carboxylic acid groups (broad SMARTS) is 1. The lowest BCUT2D eigenvalue weighted by molar-refractivity contribution is -0.144. The molecule has 0 aromatic rings. The molecule has 0 spiro atoms. The SMILES string of the molecule is C[C@@H]1CC(=O)C2=C(C1)NC(=O)C[C@@H]2C(=O)O. The number of carbonyl (C=O) groups excluding carboxylic acids is 2. The minimum Gasteiger partial charge on any atom is -0.481 e. The van der Waals surface area contributed by atoms with E-state index in [1.807, 2.05) is 6.92 Å². The van der Waals surface area contributed by atoms with E-state index in [4.69, 9.17) is 5.11 Å². The summed E-state index contributed by atoms with van der Waals surface area (Å²) >= 11 is 0. The van der Waals surface area contributed by atoms with Crippen LogP contribution in [0.2, 0.25) is 0 Å². The van der Waals surface area contributed by atoms with Crippen molar-refractivity contribution in [1.82, 2.24) is 5.32 Å². The Kier molecular flexibility index (Phi) is 2.53. The van der Waals surface area contributed by atoms with Gasteiger partial charge in [-0.05, 0) is 12.3 Å². The first kappa shape index (κ1) is 10.9. The van der Waals surface area contributed by atoms with Gasteiger partial charge in [-0.3, -0.25) is 14.4 Å². The van der Waals surface area contributed by atoms with Crippen LogP contribution in [0.4, 0.5) is 0 Å². The van der Waals surface area contributed by atoms with E-state index in [0.717, 1.165) is 0 Å². The number of Topliss-reactive ketones (excluding diaryl/α,β-unsaturated/α-hetero) is 1. The number of aliphatic carboxylic acids is 1. The van der Waals surface area contributed by atoms with E-state index in [1.54, 1.807) is 0 Å². The smallest absolute Gasteiger partial charge is 0.311 e. The summed E-state index contributed by atoms with van der Waals surface area (Å²) in [5.41, 5.74) is 0.831. The molecule has 5 heteroatoms. The molecule has 0 aromatic carbocycles. The molecule has 0 aromatic heterocycles. The summed E-state index contributed by atoms with van der Waals surface area (Å²) < 4.78 is 0. The summed E-state index contributed by atoms with van der Waals surface area (Å²) in [4.78, 5) is 34.1. The van der Waals surface area contributed by atoms with Crippen LogP contribution in [-0.2, 0) is 14.4 Å². The standard InChI is InChI=1S/C11H13NO4/c1-5-2-7-10(8(13)3-5)6(11(15)16)4-9(14)12-7/h5-6H,2-4H2,1H3,(H,12,14)(H,15,16)/t5-,6-/m0/s1. The van der Waals surface area contributed by atoms with Gasteiger partial charge < -0.3 is 10.4 Å². The number of carboxylic acids is 1. The lowest BCUT2D eigenvalue weighted by atomic mass is 9.78. The van der Waals surface area contributed by atoms with Gasteiger partial charge in [-0.2, -0.15) is 0 Å². The second-order valence-electron chi connectivity index (χ2n) is 4.47. The molecule has 1 aliphatic carbocycles. The topological polar surface area (TPSA) is 83.5 Å². The van der Waals surface area contributed by atoms with Crippen molar-refractivity contribution in [3.63, 3.8) is 0 Å². The zero-order valence-electron chi connectivity index (χ0n) is 8.95. The number of allylic oxidation sites excluding steroid dienone is 1. The second-order valence-corrected chi connectivity index (χ2v) is 4.47. The molecule has 0 saturated heterocycles. The number of rotatable bonds is 1. The lowest BCUT2D eigenvalue weighted by Gasteiger charge is -2.31. The van der Waals surface area contributed by atoms with Crippen molar-refractivity contribution < 1.29 is 19.5 Å². The Morgan fingerprint density at radius 1 is 1.31 bits per heavy atom. The normalized spacial score (nSPS) is 29.8. The van der Waals surface area contributed by atoms with E-state index in [2.05, 4.69) is 5.32 Å². The van der Waals surface area contributed by atoms with Crippen LogP contribution in [0, 0.1) is 11.8 Å². The quantitative estimate of drug-likeness (QED) is 0.676. The summed E-state index contributed by atoms with van der Waals surface area (Å²) in [6, 6.07) is 0. The van der Waals surface area contributed by atoms with Crippen LogP contribution in [0.25, 0.3) is 0 Å². The zero-order valence-corrected chi connectivity index (χ0v) is 8.95. The summed E-state index contributed by atoms with van der Waals surface area (Å²) in [7, 11) is 0. The summed E-state index contributed by atoms with van der Waals surface area (Å²) in [5, 5.41) is 11.6. The Bertz CT molecular complexity index is 410.